The number of primary sulfonamides is 1. The van der Waals surface area contributed by atoms with Crippen LogP contribution in [-0.2, 0) is 25.6 Å². The lowest BCUT2D eigenvalue weighted by Gasteiger charge is -2.19. The maximum Gasteiger partial charge on any atom is 0.294 e. The average molecular weight is 448 g/mol. The van der Waals surface area contributed by atoms with Crippen LogP contribution in [0.2, 0.25) is 0 Å². The monoisotopic (exact) mass is 447 g/mol. The molecule has 0 aliphatic heterocycles. The molecule has 0 heterocycles. The number of benzene rings is 3. The van der Waals surface area contributed by atoms with E-state index in [1.807, 2.05) is 30.3 Å². The SMILES string of the molecule is CC(C)(C)c1ccc(-c2cccc(S(=O)(=O)O)c2)cc1.NS(=O)(=O)c1ccccc1. The Kier molecular flexibility index (Phi) is 7.20. The Labute approximate surface area is 178 Å². The van der Waals surface area contributed by atoms with E-state index in [-0.39, 0.29) is 15.2 Å². The smallest absolute Gasteiger partial charge is 0.282 e. The fourth-order valence-electron chi connectivity index (χ4n) is 2.61. The van der Waals surface area contributed by atoms with Gasteiger partial charge in [-0.2, -0.15) is 8.42 Å². The average Bonchev–Trinajstić information content (AvgIpc) is 2.67. The molecule has 0 atom stereocenters. The van der Waals surface area contributed by atoms with E-state index in [0.29, 0.717) is 0 Å². The second kappa shape index (κ2) is 9.09. The van der Waals surface area contributed by atoms with Crippen LogP contribution in [0.3, 0.4) is 0 Å². The molecule has 0 amide bonds. The Bertz CT molecular complexity index is 1200. The fraction of sp³-hybridized carbons (Fsp3) is 0.182. The molecular formula is C22H25NO5S2. The predicted molar refractivity (Wildman–Crippen MR) is 118 cm³/mol. The highest BCUT2D eigenvalue weighted by atomic mass is 32.2. The highest BCUT2D eigenvalue weighted by molar-refractivity contribution is 7.89. The van der Waals surface area contributed by atoms with Crippen molar-refractivity contribution in [3.8, 4) is 11.1 Å². The molecule has 30 heavy (non-hydrogen) atoms. The van der Waals surface area contributed by atoms with E-state index in [0.717, 1.165) is 11.1 Å². The Morgan fingerprint density at radius 3 is 1.67 bits per heavy atom. The third kappa shape index (κ3) is 6.77. The van der Waals surface area contributed by atoms with Crippen molar-refractivity contribution in [3.05, 3.63) is 84.4 Å². The van der Waals surface area contributed by atoms with Crippen LogP contribution in [0.25, 0.3) is 11.1 Å². The van der Waals surface area contributed by atoms with E-state index in [2.05, 4.69) is 20.8 Å². The normalized spacial score (nSPS) is 12.0. The van der Waals surface area contributed by atoms with E-state index >= 15 is 0 Å². The van der Waals surface area contributed by atoms with Gasteiger partial charge in [-0.05, 0) is 46.4 Å². The summed E-state index contributed by atoms with van der Waals surface area (Å²) in [6.45, 7) is 6.42. The molecule has 0 fully saturated rings. The lowest BCUT2D eigenvalue weighted by molar-refractivity contribution is 0.483. The van der Waals surface area contributed by atoms with E-state index in [4.69, 9.17) is 9.69 Å². The summed E-state index contributed by atoms with van der Waals surface area (Å²) in [7, 11) is -7.67. The van der Waals surface area contributed by atoms with Crippen LogP contribution in [0.4, 0.5) is 0 Å². The second-order valence-corrected chi connectivity index (χ2v) is 10.7. The first kappa shape index (κ1) is 23.8. The molecule has 0 radical (unpaired) electrons. The molecule has 160 valence electrons. The summed E-state index contributed by atoms with van der Waals surface area (Å²) < 4.78 is 52.6. The molecule has 0 aliphatic rings. The zero-order valence-electron chi connectivity index (χ0n) is 17.0. The molecule has 3 rings (SSSR count). The van der Waals surface area contributed by atoms with Gasteiger partial charge < -0.3 is 0 Å². The summed E-state index contributed by atoms with van der Waals surface area (Å²) in [5.74, 6) is 0. The number of rotatable bonds is 3. The first-order chi connectivity index (χ1) is 13.8. The van der Waals surface area contributed by atoms with Gasteiger partial charge in [-0.25, -0.2) is 13.6 Å². The first-order valence-corrected chi connectivity index (χ1v) is 12.0. The lowest BCUT2D eigenvalue weighted by Crippen LogP contribution is -2.11. The van der Waals surface area contributed by atoms with Crippen LogP contribution in [0.15, 0.2) is 88.7 Å². The third-order valence-corrected chi connectivity index (χ3v) is 6.07. The molecule has 0 spiro atoms. The van der Waals surface area contributed by atoms with Gasteiger partial charge in [0.1, 0.15) is 0 Å². The van der Waals surface area contributed by atoms with Gasteiger partial charge >= 0.3 is 0 Å². The van der Waals surface area contributed by atoms with Crippen molar-refractivity contribution in [1.29, 1.82) is 0 Å². The highest BCUT2D eigenvalue weighted by Crippen LogP contribution is 2.27. The largest absolute Gasteiger partial charge is 0.294 e. The molecule has 3 aromatic carbocycles. The van der Waals surface area contributed by atoms with Crippen molar-refractivity contribution in [2.45, 2.75) is 36.0 Å². The van der Waals surface area contributed by atoms with Crippen molar-refractivity contribution < 1.29 is 21.4 Å². The molecule has 0 saturated carbocycles. The van der Waals surface area contributed by atoms with Crippen molar-refractivity contribution >= 4 is 20.1 Å². The van der Waals surface area contributed by atoms with Crippen LogP contribution >= 0.6 is 0 Å². The minimum atomic E-state index is -4.16. The summed E-state index contributed by atoms with van der Waals surface area (Å²) >= 11 is 0. The molecule has 6 nitrogen and oxygen atoms in total. The molecular weight excluding hydrogens is 422 g/mol. The number of sulfonamides is 1. The van der Waals surface area contributed by atoms with Gasteiger partial charge in [0, 0.05) is 0 Å². The zero-order chi connectivity index (χ0) is 22.6. The van der Waals surface area contributed by atoms with Crippen molar-refractivity contribution in [2.75, 3.05) is 0 Å². The number of nitrogens with two attached hydrogens (primary N) is 1. The first-order valence-electron chi connectivity index (χ1n) is 9.05. The van der Waals surface area contributed by atoms with E-state index in [9.17, 15) is 16.8 Å². The van der Waals surface area contributed by atoms with Gasteiger partial charge in [-0.15, -0.1) is 0 Å². The minimum Gasteiger partial charge on any atom is -0.282 e. The molecule has 0 saturated heterocycles. The van der Waals surface area contributed by atoms with Crippen molar-refractivity contribution in [1.82, 2.24) is 0 Å². The zero-order valence-corrected chi connectivity index (χ0v) is 18.6. The summed E-state index contributed by atoms with van der Waals surface area (Å²) in [6.07, 6.45) is 0. The maximum absolute atomic E-state index is 11.2. The summed E-state index contributed by atoms with van der Waals surface area (Å²) in [5.41, 5.74) is 2.98. The number of hydrogen-bond donors (Lipinski definition) is 2. The highest BCUT2D eigenvalue weighted by Gasteiger charge is 2.14. The van der Waals surface area contributed by atoms with Crippen molar-refractivity contribution in [2.24, 2.45) is 5.14 Å². The summed E-state index contributed by atoms with van der Waals surface area (Å²) in [4.78, 5) is 0.0601. The Morgan fingerprint density at radius 1 is 0.700 bits per heavy atom. The molecule has 3 N–H and O–H groups in total. The van der Waals surface area contributed by atoms with Gasteiger partial charge in [0.05, 0.1) is 9.79 Å². The van der Waals surface area contributed by atoms with Gasteiger partial charge in [0.25, 0.3) is 10.1 Å². The number of hydrogen-bond acceptors (Lipinski definition) is 4. The van der Waals surface area contributed by atoms with E-state index in [1.165, 1.54) is 29.8 Å². The topological polar surface area (TPSA) is 115 Å². The third-order valence-electron chi connectivity index (χ3n) is 4.29. The van der Waals surface area contributed by atoms with Gasteiger partial charge in [0.2, 0.25) is 10.0 Å². The lowest BCUT2D eigenvalue weighted by atomic mass is 9.86. The van der Waals surface area contributed by atoms with Crippen LogP contribution in [0.5, 0.6) is 0 Å². The Morgan fingerprint density at radius 2 is 1.23 bits per heavy atom. The van der Waals surface area contributed by atoms with Crippen LogP contribution in [-0.4, -0.2) is 21.4 Å². The van der Waals surface area contributed by atoms with Crippen LogP contribution in [0, 0.1) is 0 Å². The fourth-order valence-corrected chi connectivity index (χ4v) is 3.67. The molecule has 0 bridgehead atoms. The standard InChI is InChI=1S/C16H18O3S.C6H7NO2S/c1-16(2,3)14-9-7-12(8-10-14)13-5-4-6-15(11-13)20(17,18)19;7-10(8,9)6-4-2-1-3-5-6/h4-11H,1-3H3,(H,17,18,19);1-5H,(H2,7,8,9). The van der Waals surface area contributed by atoms with Gasteiger partial charge in [0.15, 0.2) is 0 Å². The predicted octanol–water partition coefficient (Wildman–Crippen LogP) is 4.23. The molecule has 0 aliphatic carbocycles. The quantitative estimate of drug-likeness (QED) is 0.583. The van der Waals surface area contributed by atoms with Crippen molar-refractivity contribution in [3.63, 3.8) is 0 Å². The molecule has 0 aromatic heterocycles. The second-order valence-electron chi connectivity index (χ2n) is 7.69. The Hall–Kier alpha value is -2.52. The van der Waals surface area contributed by atoms with Crippen LogP contribution < -0.4 is 5.14 Å². The van der Waals surface area contributed by atoms with Gasteiger partial charge in [-0.1, -0.05) is 75.4 Å². The Balaban J connectivity index is 0.000000269. The summed E-state index contributed by atoms with van der Waals surface area (Å²) in [5, 5.41) is 4.83. The molecule has 8 heteroatoms. The minimum absolute atomic E-state index is 0.0782. The molecule has 3 aromatic rings. The van der Waals surface area contributed by atoms with Gasteiger partial charge in [-0.3, -0.25) is 4.55 Å². The van der Waals surface area contributed by atoms with E-state index < -0.39 is 20.1 Å². The van der Waals surface area contributed by atoms with E-state index in [1.54, 1.807) is 24.3 Å². The summed E-state index contributed by atoms with van der Waals surface area (Å²) in [6, 6.07) is 22.2. The van der Waals surface area contributed by atoms with Crippen LogP contribution in [0.1, 0.15) is 26.3 Å². The molecule has 0 unspecified atom stereocenters. The maximum atomic E-state index is 11.2.